The van der Waals surface area contributed by atoms with E-state index in [-0.39, 0.29) is 5.54 Å². The molecule has 10 heavy (non-hydrogen) atoms. The highest BCUT2D eigenvalue weighted by Crippen LogP contribution is 2.19. The third kappa shape index (κ3) is 2.27. The van der Waals surface area contributed by atoms with Gasteiger partial charge in [-0.15, -0.1) is 0 Å². The quantitative estimate of drug-likeness (QED) is 0.570. The SMILES string of the molecule is CC(C)(C)NC1CC(N)C1. The molecule has 60 valence electrons. The van der Waals surface area contributed by atoms with Crippen molar-refractivity contribution in [2.24, 2.45) is 5.73 Å². The van der Waals surface area contributed by atoms with Crippen LogP contribution < -0.4 is 11.1 Å². The van der Waals surface area contributed by atoms with Gasteiger partial charge in [-0.2, -0.15) is 0 Å². The van der Waals surface area contributed by atoms with Crippen LogP contribution in [0.25, 0.3) is 0 Å². The zero-order chi connectivity index (χ0) is 7.78. The van der Waals surface area contributed by atoms with Gasteiger partial charge in [0.2, 0.25) is 0 Å². The fraction of sp³-hybridized carbons (Fsp3) is 1.00. The van der Waals surface area contributed by atoms with E-state index in [4.69, 9.17) is 5.73 Å². The van der Waals surface area contributed by atoms with Crippen LogP contribution in [-0.2, 0) is 0 Å². The summed E-state index contributed by atoms with van der Waals surface area (Å²) in [4.78, 5) is 0. The normalized spacial score (nSPS) is 33.6. The molecule has 1 fully saturated rings. The Balaban J connectivity index is 2.16. The van der Waals surface area contributed by atoms with Crippen LogP contribution in [0.1, 0.15) is 33.6 Å². The molecule has 3 N–H and O–H groups in total. The zero-order valence-corrected chi connectivity index (χ0v) is 7.15. The van der Waals surface area contributed by atoms with Crippen LogP contribution >= 0.6 is 0 Å². The Bertz CT molecular complexity index is 109. The van der Waals surface area contributed by atoms with Crippen LogP contribution in [0.4, 0.5) is 0 Å². The Morgan fingerprint density at radius 2 is 1.80 bits per heavy atom. The van der Waals surface area contributed by atoms with Crippen molar-refractivity contribution >= 4 is 0 Å². The molecule has 0 heterocycles. The van der Waals surface area contributed by atoms with Crippen molar-refractivity contribution in [3.63, 3.8) is 0 Å². The lowest BCUT2D eigenvalue weighted by Gasteiger charge is -2.38. The molecule has 0 radical (unpaired) electrons. The fourth-order valence-corrected chi connectivity index (χ4v) is 1.39. The molecule has 0 saturated heterocycles. The van der Waals surface area contributed by atoms with Crippen LogP contribution in [0.3, 0.4) is 0 Å². The van der Waals surface area contributed by atoms with Crippen molar-refractivity contribution in [1.82, 2.24) is 5.32 Å². The highest BCUT2D eigenvalue weighted by molar-refractivity contribution is 4.91. The van der Waals surface area contributed by atoms with Gasteiger partial charge < -0.3 is 11.1 Å². The molecule has 1 aliphatic rings. The van der Waals surface area contributed by atoms with E-state index in [0.717, 1.165) is 12.8 Å². The van der Waals surface area contributed by atoms with E-state index in [1.165, 1.54) is 0 Å². The van der Waals surface area contributed by atoms with E-state index in [0.29, 0.717) is 12.1 Å². The molecule has 0 aromatic carbocycles. The maximum atomic E-state index is 5.65. The van der Waals surface area contributed by atoms with Gasteiger partial charge in [0.25, 0.3) is 0 Å². The van der Waals surface area contributed by atoms with Gasteiger partial charge in [-0.25, -0.2) is 0 Å². The summed E-state index contributed by atoms with van der Waals surface area (Å²) >= 11 is 0. The lowest BCUT2D eigenvalue weighted by atomic mass is 9.86. The maximum absolute atomic E-state index is 5.65. The summed E-state index contributed by atoms with van der Waals surface area (Å²) in [6, 6.07) is 1.13. The van der Waals surface area contributed by atoms with Gasteiger partial charge in [-0.1, -0.05) is 0 Å². The van der Waals surface area contributed by atoms with E-state index in [1.807, 2.05) is 0 Å². The molecule has 0 aromatic rings. The number of nitrogens with one attached hydrogen (secondary N) is 1. The van der Waals surface area contributed by atoms with Crippen LogP contribution in [0, 0.1) is 0 Å². The second-order valence-corrected chi connectivity index (χ2v) is 4.32. The fourth-order valence-electron chi connectivity index (χ4n) is 1.39. The molecule has 1 aliphatic carbocycles. The van der Waals surface area contributed by atoms with Gasteiger partial charge in [0, 0.05) is 17.6 Å². The predicted molar refractivity (Wildman–Crippen MR) is 43.9 cm³/mol. The first-order chi connectivity index (χ1) is 4.47. The molecule has 0 atom stereocenters. The molecule has 0 aliphatic heterocycles. The number of hydrogen-bond donors (Lipinski definition) is 2. The minimum atomic E-state index is 0.255. The Hall–Kier alpha value is -0.0800. The molecule has 0 spiro atoms. The second-order valence-electron chi connectivity index (χ2n) is 4.32. The summed E-state index contributed by atoms with van der Waals surface area (Å²) < 4.78 is 0. The number of rotatable bonds is 1. The summed E-state index contributed by atoms with van der Waals surface area (Å²) in [6.07, 6.45) is 2.30. The highest BCUT2D eigenvalue weighted by Gasteiger charge is 2.28. The van der Waals surface area contributed by atoms with Crippen molar-refractivity contribution in [1.29, 1.82) is 0 Å². The Labute approximate surface area is 63.2 Å². The van der Waals surface area contributed by atoms with Gasteiger partial charge in [-0.3, -0.25) is 0 Å². The van der Waals surface area contributed by atoms with Gasteiger partial charge in [0.15, 0.2) is 0 Å². The van der Waals surface area contributed by atoms with Crippen LogP contribution in [-0.4, -0.2) is 17.6 Å². The minimum absolute atomic E-state index is 0.255. The molecule has 0 bridgehead atoms. The standard InChI is InChI=1S/C8H18N2/c1-8(2,3)10-7-4-6(9)5-7/h6-7,10H,4-5,9H2,1-3H3. The van der Waals surface area contributed by atoms with Gasteiger partial charge >= 0.3 is 0 Å². The summed E-state index contributed by atoms with van der Waals surface area (Å²) in [5.41, 5.74) is 5.90. The summed E-state index contributed by atoms with van der Waals surface area (Å²) in [6.45, 7) is 6.57. The van der Waals surface area contributed by atoms with Crippen molar-refractivity contribution in [3.05, 3.63) is 0 Å². The number of nitrogens with two attached hydrogens (primary N) is 1. The van der Waals surface area contributed by atoms with Crippen LogP contribution in [0.15, 0.2) is 0 Å². The summed E-state index contributed by atoms with van der Waals surface area (Å²) in [5.74, 6) is 0. The van der Waals surface area contributed by atoms with Crippen molar-refractivity contribution in [2.75, 3.05) is 0 Å². The van der Waals surface area contributed by atoms with Crippen LogP contribution in [0.5, 0.6) is 0 Å². The molecular formula is C8H18N2. The maximum Gasteiger partial charge on any atom is 0.0101 e. The predicted octanol–water partition coefficient (Wildman–Crippen LogP) is 0.864. The zero-order valence-electron chi connectivity index (χ0n) is 7.15. The average molecular weight is 142 g/mol. The number of hydrogen-bond acceptors (Lipinski definition) is 2. The first kappa shape index (κ1) is 8.02. The van der Waals surface area contributed by atoms with E-state index < -0.39 is 0 Å². The van der Waals surface area contributed by atoms with E-state index in [2.05, 4.69) is 26.1 Å². The topological polar surface area (TPSA) is 38.0 Å². The molecule has 1 saturated carbocycles. The lowest BCUT2D eigenvalue weighted by Crippen LogP contribution is -2.54. The summed E-state index contributed by atoms with van der Waals surface area (Å²) in [7, 11) is 0. The van der Waals surface area contributed by atoms with Gasteiger partial charge in [-0.05, 0) is 33.6 Å². The molecule has 0 aromatic heterocycles. The lowest BCUT2D eigenvalue weighted by molar-refractivity contribution is 0.237. The first-order valence-electron chi connectivity index (χ1n) is 4.01. The molecule has 2 nitrogen and oxygen atoms in total. The van der Waals surface area contributed by atoms with Gasteiger partial charge in [0.05, 0.1) is 0 Å². The molecular weight excluding hydrogens is 124 g/mol. The second kappa shape index (κ2) is 2.51. The largest absolute Gasteiger partial charge is 0.328 e. The molecule has 0 amide bonds. The van der Waals surface area contributed by atoms with Crippen molar-refractivity contribution in [3.8, 4) is 0 Å². The Morgan fingerprint density at radius 1 is 1.30 bits per heavy atom. The monoisotopic (exact) mass is 142 g/mol. The highest BCUT2D eigenvalue weighted by atomic mass is 15.0. The Morgan fingerprint density at radius 3 is 2.10 bits per heavy atom. The van der Waals surface area contributed by atoms with Crippen LogP contribution in [0.2, 0.25) is 0 Å². The van der Waals surface area contributed by atoms with Crippen molar-refractivity contribution < 1.29 is 0 Å². The van der Waals surface area contributed by atoms with E-state index in [9.17, 15) is 0 Å². The third-order valence-electron chi connectivity index (χ3n) is 1.81. The molecule has 0 unspecified atom stereocenters. The minimum Gasteiger partial charge on any atom is -0.328 e. The smallest absolute Gasteiger partial charge is 0.0101 e. The molecule has 2 heteroatoms. The van der Waals surface area contributed by atoms with E-state index >= 15 is 0 Å². The third-order valence-corrected chi connectivity index (χ3v) is 1.81. The average Bonchev–Trinajstić information content (AvgIpc) is 1.57. The molecule has 1 rings (SSSR count). The van der Waals surface area contributed by atoms with E-state index in [1.54, 1.807) is 0 Å². The summed E-state index contributed by atoms with van der Waals surface area (Å²) in [5, 5.41) is 3.51. The van der Waals surface area contributed by atoms with Gasteiger partial charge in [0.1, 0.15) is 0 Å². The first-order valence-corrected chi connectivity index (χ1v) is 4.01. The Kier molecular flexibility index (Phi) is 2.02. The van der Waals surface area contributed by atoms with Crippen molar-refractivity contribution in [2.45, 2.75) is 51.2 Å².